The van der Waals surface area contributed by atoms with Crippen LogP contribution in [0.2, 0.25) is 0 Å². The van der Waals surface area contributed by atoms with Crippen molar-refractivity contribution in [3.8, 4) is 22.9 Å². The summed E-state index contributed by atoms with van der Waals surface area (Å²) >= 11 is 0. The number of nitrogens with zero attached hydrogens (tertiary/aromatic N) is 2. The molecule has 142 valence electrons. The van der Waals surface area contributed by atoms with Crippen LogP contribution in [0.3, 0.4) is 0 Å². The second kappa shape index (κ2) is 8.31. The van der Waals surface area contributed by atoms with Gasteiger partial charge in [0.15, 0.2) is 0 Å². The minimum atomic E-state index is -0.413. The number of aromatic nitrogens is 2. The van der Waals surface area contributed by atoms with Gasteiger partial charge >= 0.3 is 0 Å². The number of carbonyl (C=O) groups excluding carboxylic acids is 1. The molecule has 0 radical (unpaired) electrons. The van der Waals surface area contributed by atoms with E-state index in [1.807, 2.05) is 36.4 Å². The van der Waals surface area contributed by atoms with Crippen molar-refractivity contribution >= 4 is 11.6 Å². The number of carbonyl (C=O) groups is 1. The monoisotopic (exact) mass is 385 g/mol. The molecule has 1 N–H and O–H groups in total. The summed E-state index contributed by atoms with van der Waals surface area (Å²) in [5.74, 6) is 0.312. The molecule has 0 aliphatic heterocycles. The van der Waals surface area contributed by atoms with E-state index in [1.165, 1.54) is 24.5 Å². The number of hydrogen-bond acceptors (Lipinski definition) is 4. The Labute approximate surface area is 166 Å². The summed E-state index contributed by atoms with van der Waals surface area (Å²) in [4.78, 5) is 20.9. The lowest BCUT2D eigenvalue weighted by atomic mass is 10.1. The first kappa shape index (κ1) is 18.3. The van der Waals surface area contributed by atoms with Crippen LogP contribution in [0.15, 0.2) is 91.3 Å². The maximum Gasteiger partial charge on any atom is 0.255 e. The molecule has 0 aliphatic carbocycles. The van der Waals surface area contributed by atoms with Crippen LogP contribution in [-0.4, -0.2) is 15.9 Å². The third-order valence-corrected chi connectivity index (χ3v) is 4.11. The predicted octanol–water partition coefficient (Wildman–Crippen LogP) is 5.33. The summed E-state index contributed by atoms with van der Waals surface area (Å²) in [5.41, 5.74) is 2.17. The van der Waals surface area contributed by atoms with Gasteiger partial charge in [0.05, 0.1) is 5.69 Å². The van der Waals surface area contributed by atoms with Crippen LogP contribution in [0.1, 0.15) is 10.4 Å². The average molecular weight is 385 g/mol. The van der Waals surface area contributed by atoms with E-state index in [9.17, 15) is 9.18 Å². The van der Waals surface area contributed by atoms with Crippen LogP contribution in [0, 0.1) is 5.82 Å². The summed E-state index contributed by atoms with van der Waals surface area (Å²) in [6.45, 7) is 0. The molecule has 5 nitrogen and oxygen atoms in total. The highest BCUT2D eigenvalue weighted by molar-refractivity contribution is 6.04. The van der Waals surface area contributed by atoms with E-state index in [2.05, 4.69) is 15.3 Å². The number of anilines is 1. The van der Waals surface area contributed by atoms with E-state index in [1.54, 1.807) is 30.3 Å². The van der Waals surface area contributed by atoms with Crippen LogP contribution in [0.25, 0.3) is 11.3 Å². The van der Waals surface area contributed by atoms with Crippen LogP contribution < -0.4 is 10.1 Å². The summed E-state index contributed by atoms with van der Waals surface area (Å²) in [5, 5.41) is 2.69. The molecule has 0 spiro atoms. The number of ether oxygens (including phenoxy) is 1. The normalized spacial score (nSPS) is 10.4. The third-order valence-electron chi connectivity index (χ3n) is 4.11. The lowest BCUT2D eigenvalue weighted by Gasteiger charge is -2.08. The Balaban J connectivity index is 1.55. The SMILES string of the molecule is O=C(Nc1cccc(F)c1)c1cccc(-c2cc(Oc3ccccc3)ncn2)c1. The Bertz CT molecular complexity index is 1150. The van der Waals surface area contributed by atoms with Crippen LogP contribution in [0.5, 0.6) is 11.6 Å². The topological polar surface area (TPSA) is 64.1 Å². The van der Waals surface area contributed by atoms with Crippen molar-refractivity contribution < 1.29 is 13.9 Å². The van der Waals surface area contributed by atoms with Gasteiger partial charge in [-0.2, -0.15) is 0 Å². The first-order valence-corrected chi connectivity index (χ1v) is 8.90. The first-order valence-electron chi connectivity index (χ1n) is 8.90. The van der Waals surface area contributed by atoms with Crippen molar-refractivity contribution in [1.82, 2.24) is 9.97 Å². The summed E-state index contributed by atoms with van der Waals surface area (Å²) < 4.78 is 19.1. The van der Waals surface area contributed by atoms with Gasteiger partial charge in [-0.3, -0.25) is 4.79 Å². The van der Waals surface area contributed by atoms with E-state index in [0.717, 1.165) is 5.56 Å². The second-order valence-electron chi connectivity index (χ2n) is 6.20. The van der Waals surface area contributed by atoms with Crippen molar-refractivity contribution in [3.63, 3.8) is 0 Å². The van der Waals surface area contributed by atoms with E-state index < -0.39 is 5.82 Å². The summed E-state index contributed by atoms with van der Waals surface area (Å²) in [7, 11) is 0. The number of rotatable bonds is 5. The van der Waals surface area contributed by atoms with Gasteiger partial charge in [-0.15, -0.1) is 0 Å². The van der Waals surface area contributed by atoms with Gasteiger partial charge in [0.1, 0.15) is 17.9 Å². The molecule has 1 amide bonds. The Morgan fingerprint density at radius 1 is 0.862 bits per heavy atom. The van der Waals surface area contributed by atoms with Crippen molar-refractivity contribution in [2.24, 2.45) is 0 Å². The number of halogens is 1. The quantitative estimate of drug-likeness (QED) is 0.504. The zero-order chi connectivity index (χ0) is 20.1. The molecule has 0 fully saturated rings. The molecule has 4 aromatic rings. The van der Waals surface area contributed by atoms with Gasteiger partial charge < -0.3 is 10.1 Å². The number of nitrogens with one attached hydrogen (secondary N) is 1. The van der Waals surface area contributed by atoms with Crippen molar-refractivity contribution in [1.29, 1.82) is 0 Å². The van der Waals surface area contributed by atoms with Crippen molar-refractivity contribution in [3.05, 3.63) is 103 Å². The molecule has 0 unspecified atom stereocenters. The minimum absolute atomic E-state index is 0.340. The van der Waals surface area contributed by atoms with Gasteiger partial charge in [-0.25, -0.2) is 14.4 Å². The predicted molar refractivity (Wildman–Crippen MR) is 108 cm³/mol. The molecule has 0 saturated heterocycles. The minimum Gasteiger partial charge on any atom is -0.439 e. The largest absolute Gasteiger partial charge is 0.439 e. The lowest BCUT2D eigenvalue weighted by molar-refractivity contribution is 0.102. The molecule has 1 heterocycles. The second-order valence-corrected chi connectivity index (χ2v) is 6.20. The highest BCUT2D eigenvalue weighted by Gasteiger charge is 2.10. The Hall–Kier alpha value is -4.06. The molecule has 1 aromatic heterocycles. The average Bonchev–Trinajstić information content (AvgIpc) is 2.75. The van der Waals surface area contributed by atoms with Gasteiger partial charge in [0.25, 0.3) is 5.91 Å². The fourth-order valence-electron chi connectivity index (χ4n) is 2.75. The molecule has 0 saturated carbocycles. The molecule has 29 heavy (non-hydrogen) atoms. The maximum absolute atomic E-state index is 13.3. The van der Waals surface area contributed by atoms with E-state index in [-0.39, 0.29) is 5.91 Å². The Morgan fingerprint density at radius 3 is 2.52 bits per heavy atom. The molecule has 3 aromatic carbocycles. The molecule has 6 heteroatoms. The van der Waals surface area contributed by atoms with Gasteiger partial charge in [0.2, 0.25) is 5.88 Å². The fraction of sp³-hybridized carbons (Fsp3) is 0. The van der Waals surface area contributed by atoms with E-state index in [0.29, 0.717) is 28.6 Å². The smallest absolute Gasteiger partial charge is 0.255 e. The van der Waals surface area contributed by atoms with Gasteiger partial charge in [-0.1, -0.05) is 36.4 Å². The number of benzene rings is 3. The highest BCUT2D eigenvalue weighted by Crippen LogP contribution is 2.24. The number of hydrogen-bond donors (Lipinski definition) is 1. The van der Waals surface area contributed by atoms with Crippen molar-refractivity contribution in [2.75, 3.05) is 5.32 Å². The fourth-order valence-corrected chi connectivity index (χ4v) is 2.75. The lowest BCUT2D eigenvalue weighted by Crippen LogP contribution is -2.12. The van der Waals surface area contributed by atoms with Crippen LogP contribution in [0.4, 0.5) is 10.1 Å². The van der Waals surface area contributed by atoms with E-state index in [4.69, 9.17) is 4.74 Å². The molecule has 0 atom stereocenters. The Morgan fingerprint density at radius 2 is 1.69 bits per heavy atom. The molecule has 4 rings (SSSR count). The molecular weight excluding hydrogens is 369 g/mol. The Kier molecular flexibility index (Phi) is 5.25. The third kappa shape index (κ3) is 4.62. The zero-order valence-electron chi connectivity index (χ0n) is 15.2. The van der Waals surface area contributed by atoms with Crippen molar-refractivity contribution in [2.45, 2.75) is 0 Å². The molecule has 0 bridgehead atoms. The maximum atomic E-state index is 13.3. The number of para-hydroxylation sites is 1. The van der Waals surface area contributed by atoms with Crippen LogP contribution in [-0.2, 0) is 0 Å². The first-order chi connectivity index (χ1) is 14.2. The standard InChI is InChI=1S/C23H16FN3O2/c24-18-8-5-9-19(13-18)27-23(28)17-7-4-6-16(12-17)21-14-22(26-15-25-21)29-20-10-2-1-3-11-20/h1-15H,(H,27,28). The molecular formula is C23H16FN3O2. The van der Waals surface area contributed by atoms with Crippen LogP contribution >= 0.6 is 0 Å². The summed E-state index contributed by atoms with van der Waals surface area (Å²) in [6.07, 6.45) is 1.41. The van der Waals surface area contributed by atoms with Gasteiger partial charge in [0, 0.05) is 22.9 Å². The van der Waals surface area contributed by atoms with E-state index >= 15 is 0 Å². The highest BCUT2D eigenvalue weighted by atomic mass is 19.1. The number of amides is 1. The molecule has 0 aliphatic rings. The van der Waals surface area contributed by atoms with Gasteiger partial charge in [-0.05, 0) is 42.5 Å². The zero-order valence-corrected chi connectivity index (χ0v) is 15.2. The summed E-state index contributed by atoms with van der Waals surface area (Å²) in [6, 6.07) is 23.8.